The Kier molecular flexibility index (Phi) is 7.04. The van der Waals surface area contributed by atoms with E-state index in [2.05, 4.69) is 16.3 Å². The zero-order valence-corrected chi connectivity index (χ0v) is 15.7. The van der Waals surface area contributed by atoms with Crippen LogP contribution in [0.5, 0.6) is 5.75 Å². The van der Waals surface area contributed by atoms with Crippen molar-refractivity contribution in [3.63, 3.8) is 0 Å². The third kappa shape index (κ3) is 5.92. The van der Waals surface area contributed by atoms with Gasteiger partial charge in [-0.1, -0.05) is 35.9 Å². The summed E-state index contributed by atoms with van der Waals surface area (Å²) in [5, 5.41) is 2.99. The second-order valence-corrected chi connectivity index (χ2v) is 6.70. The van der Waals surface area contributed by atoms with E-state index in [9.17, 15) is 9.18 Å². The molecule has 1 saturated heterocycles. The summed E-state index contributed by atoms with van der Waals surface area (Å²) in [5.74, 6) is -0.439. The van der Waals surface area contributed by atoms with Gasteiger partial charge >= 0.3 is 0 Å². The Bertz CT molecular complexity index is 782. The third-order valence-corrected chi connectivity index (χ3v) is 4.64. The van der Waals surface area contributed by atoms with Gasteiger partial charge in [0.2, 0.25) is 0 Å². The summed E-state index contributed by atoms with van der Waals surface area (Å²) in [5.41, 5.74) is 2.25. The molecule has 0 atom stereocenters. The largest absolute Gasteiger partial charge is 0.482 e. The van der Waals surface area contributed by atoms with E-state index in [1.54, 1.807) is 0 Å². The molecule has 0 aliphatic carbocycles. The van der Waals surface area contributed by atoms with E-state index in [1.807, 2.05) is 18.2 Å². The van der Waals surface area contributed by atoms with Gasteiger partial charge in [0, 0.05) is 26.2 Å². The Morgan fingerprint density at radius 1 is 1.19 bits per heavy atom. The number of hydrogen-bond acceptors (Lipinski definition) is 4. The summed E-state index contributed by atoms with van der Waals surface area (Å²) in [4.78, 5) is 14.4. The van der Waals surface area contributed by atoms with Crippen molar-refractivity contribution >= 4 is 17.5 Å². The van der Waals surface area contributed by atoms with Crippen molar-refractivity contribution in [3.05, 3.63) is 64.4 Å². The van der Waals surface area contributed by atoms with Crippen LogP contribution in [-0.4, -0.2) is 43.7 Å². The molecule has 1 aliphatic heterocycles. The van der Waals surface area contributed by atoms with E-state index >= 15 is 0 Å². The molecular formula is C20H22ClFN2O3. The highest BCUT2D eigenvalue weighted by atomic mass is 35.5. The second kappa shape index (κ2) is 9.69. The molecule has 7 heteroatoms. The summed E-state index contributed by atoms with van der Waals surface area (Å²) in [6, 6.07) is 11.8. The summed E-state index contributed by atoms with van der Waals surface area (Å²) in [7, 11) is 0. The van der Waals surface area contributed by atoms with Crippen LogP contribution in [0.15, 0.2) is 42.5 Å². The molecule has 2 aromatic carbocycles. The highest BCUT2D eigenvalue weighted by Crippen LogP contribution is 2.24. The van der Waals surface area contributed by atoms with Gasteiger partial charge in [-0.05, 0) is 29.3 Å². The maximum Gasteiger partial charge on any atom is 0.258 e. The SMILES string of the molecule is O=C(COc1ccc(F)cc1Cl)NCc1ccccc1CN1CCOCC1. The maximum atomic E-state index is 13.0. The minimum Gasteiger partial charge on any atom is -0.482 e. The zero-order chi connectivity index (χ0) is 19.1. The van der Waals surface area contributed by atoms with Gasteiger partial charge < -0.3 is 14.8 Å². The number of carbonyl (C=O) groups is 1. The molecule has 1 amide bonds. The van der Waals surface area contributed by atoms with Crippen LogP contribution in [0.1, 0.15) is 11.1 Å². The maximum absolute atomic E-state index is 13.0. The van der Waals surface area contributed by atoms with Crippen molar-refractivity contribution in [1.29, 1.82) is 0 Å². The Morgan fingerprint density at radius 3 is 2.67 bits per heavy atom. The minimum atomic E-state index is -0.450. The van der Waals surface area contributed by atoms with Crippen LogP contribution in [0.3, 0.4) is 0 Å². The van der Waals surface area contributed by atoms with Crippen LogP contribution < -0.4 is 10.1 Å². The average Bonchev–Trinajstić information content (AvgIpc) is 2.67. The quantitative estimate of drug-likeness (QED) is 0.787. The fraction of sp³-hybridized carbons (Fsp3) is 0.350. The first-order valence-electron chi connectivity index (χ1n) is 8.83. The van der Waals surface area contributed by atoms with Crippen LogP contribution in [0.25, 0.3) is 0 Å². The summed E-state index contributed by atoms with van der Waals surface area (Å²) in [6.45, 7) is 4.39. The Morgan fingerprint density at radius 2 is 1.93 bits per heavy atom. The first kappa shape index (κ1) is 19.6. The predicted molar refractivity (Wildman–Crippen MR) is 101 cm³/mol. The van der Waals surface area contributed by atoms with Crippen molar-refractivity contribution in [2.75, 3.05) is 32.9 Å². The lowest BCUT2D eigenvalue weighted by Crippen LogP contribution is -2.36. The van der Waals surface area contributed by atoms with Crippen molar-refractivity contribution < 1.29 is 18.7 Å². The van der Waals surface area contributed by atoms with Gasteiger partial charge in [0.25, 0.3) is 5.91 Å². The molecule has 0 bridgehead atoms. The summed E-state index contributed by atoms with van der Waals surface area (Å²) >= 11 is 5.89. The highest BCUT2D eigenvalue weighted by Gasteiger charge is 2.13. The summed E-state index contributed by atoms with van der Waals surface area (Å²) < 4.78 is 23.8. The van der Waals surface area contributed by atoms with E-state index < -0.39 is 5.82 Å². The number of halogens is 2. The van der Waals surface area contributed by atoms with Gasteiger partial charge in [0.1, 0.15) is 11.6 Å². The average molecular weight is 393 g/mol. The number of hydrogen-bond donors (Lipinski definition) is 1. The number of ether oxygens (including phenoxy) is 2. The number of carbonyl (C=O) groups excluding carboxylic acids is 1. The smallest absolute Gasteiger partial charge is 0.258 e. The van der Waals surface area contributed by atoms with E-state index in [1.165, 1.54) is 17.7 Å². The van der Waals surface area contributed by atoms with Crippen molar-refractivity contribution in [2.45, 2.75) is 13.1 Å². The molecule has 1 heterocycles. The normalized spacial score (nSPS) is 14.7. The number of benzene rings is 2. The summed E-state index contributed by atoms with van der Waals surface area (Å²) in [6.07, 6.45) is 0. The fourth-order valence-corrected chi connectivity index (χ4v) is 3.09. The number of morpholine rings is 1. The third-order valence-electron chi connectivity index (χ3n) is 4.34. The monoisotopic (exact) mass is 392 g/mol. The van der Waals surface area contributed by atoms with Gasteiger partial charge in [0.05, 0.1) is 18.2 Å². The molecule has 0 saturated carbocycles. The van der Waals surface area contributed by atoms with Crippen molar-refractivity contribution in [3.8, 4) is 5.75 Å². The van der Waals surface area contributed by atoms with E-state index in [-0.39, 0.29) is 23.3 Å². The van der Waals surface area contributed by atoms with Gasteiger partial charge in [-0.25, -0.2) is 4.39 Å². The standard InChI is InChI=1S/C20H22ClFN2O3/c21-18-11-17(22)5-6-19(18)27-14-20(25)23-12-15-3-1-2-4-16(15)13-24-7-9-26-10-8-24/h1-6,11H,7-10,12-14H2,(H,23,25). The van der Waals surface area contributed by atoms with Crippen LogP contribution in [0, 0.1) is 5.82 Å². The van der Waals surface area contributed by atoms with Crippen molar-refractivity contribution in [1.82, 2.24) is 10.2 Å². The van der Waals surface area contributed by atoms with Gasteiger partial charge in [0.15, 0.2) is 6.61 Å². The molecule has 5 nitrogen and oxygen atoms in total. The Hall–Kier alpha value is -2.15. The molecule has 1 aliphatic rings. The number of amides is 1. The van der Waals surface area contributed by atoms with Crippen LogP contribution >= 0.6 is 11.6 Å². The highest BCUT2D eigenvalue weighted by molar-refractivity contribution is 6.32. The zero-order valence-electron chi connectivity index (χ0n) is 14.9. The number of nitrogens with zero attached hydrogens (tertiary/aromatic N) is 1. The molecule has 2 aromatic rings. The molecule has 0 unspecified atom stereocenters. The molecule has 1 fully saturated rings. The number of nitrogens with one attached hydrogen (secondary N) is 1. The van der Waals surface area contributed by atoms with E-state index in [0.717, 1.165) is 44.5 Å². The minimum absolute atomic E-state index is 0.138. The molecule has 27 heavy (non-hydrogen) atoms. The first-order chi connectivity index (χ1) is 13.1. The molecule has 0 spiro atoms. The van der Waals surface area contributed by atoms with Gasteiger partial charge in [-0.15, -0.1) is 0 Å². The lowest BCUT2D eigenvalue weighted by atomic mass is 10.1. The fourth-order valence-electron chi connectivity index (χ4n) is 2.86. The molecule has 144 valence electrons. The van der Waals surface area contributed by atoms with Crippen LogP contribution in [0.4, 0.5) is 4.39 Å². The van der Waals surface area contributed by atoms with Crippen LogP contribution in [-0.2, 0) is 22.6 Å². The predicted octanol–water partition coefficient (Wildman–Crippen LogP) is 3.01. The molecule has 0 radical (unpaired) electrons. The Labute approximate surface area is 163 Å². The topological polar surface area (TPSA) is 50.8 Å². The first-order valence-corrected chi connectivity index (χ1v) is 9.21. The number of rotatable bonds is 7. The van der Waals surface area contributed by atoms with Crippen molar-refractivity contribution in [2.24, 2.45) is 0 Å². The molecular weight excluding hydrogens is 371 g/mol. The lowest BCUT2D eigenvalue weighted by molar-refractivity contribution is -0.123. The van der Waals surface area contributed by atoms with E-state index in [4.69, 9.17) is 21.1 Å². The van der Waals surface area contributed by atoms with E-state index in [0.29, 0.717) is 6.54 Å². The lowest BCUT2D eigenvalue weighted by Gasteiger charge is -2.27. The van der Waals surface area contributed by atoms with Gasteiger partial charge in [-0.2, -0.15) is 0 Å². The molecule has 3 rings (SSSR count). The second-order valence-electron chi connectivity index (χ2n) is 6.30. The molecule has 0 aromatic heterocycles. The molecule has 1 N–H and O–H groups in total. The van der Waals surface area contributed by atoms with Crippen LogP contribution in [0.2, 0.25) is 5.02 Å². The van der Waals surface area contributed by atoms with Gasteiger partial charge in [-0.3, -0.25) is 9.69 Å². The Balaban J connectivity index is 1.51.